The van der Waals surface area contributed by atoms with Crippen LogP contribution in [0.1, 0.15) is 6.92 Å². The lowest BCUT2D eigenvalue weighted by Gasteiger charge is -2.39. The predicted molar refractivity (Wildman–Crippen MR) is 73.6 cm³/mol. The molecule has 0 saturated carbocycles. The minimum absolute atomic E-state index is 0.0769. The van der Waals surface area contributed by atoms with E-state index in [1.807, 2.05) is 0 Å². The number of amides is 3. The van der Waals surface area contributed by atoms with Crippen LogP contribution >= 0.6 is 0 Å². The van der Waals surface area contributed by atoms with Crippen LogP contribution in [-0.2, 0) is 4.79 Å². The minimum atomic E-state index is -0.445. The number of carbonyl (C=O) groups is 2. The monoisotopic (exact) mass is 280 g/mol. The summed E-state index contributed by atoms with van der Waals surface area (Å²) in [5, 5.41) is 5.35. The van der Waals surface area contributed by atoms with Crippen molar-refractivity contribution in [2.45, 2.75) is 6.92 Å². The van der Waals surface area contributed by atoms with Crippen molar-refractivity contribution < 1.29 is 14.0 Å². The van der Waals surface area contributed by atoms with Gasteiger partial charge in [-0.25, -0.2) is 9.18 Å². The number of benzene rings is 1. The van der Waals surface area contributed by atoms with Gasteiger partial charge in [0.15, 0.2) is 0 Å². The van der Waals surface area contributed by atoms with Crippen LogP contribution < -0.4 is 16.4 Å². The fourth-order valence-corrected chi connectivity index (χ4v) is 1.99. The second-order valence-electron chi connectivity index (χ2n) is 4.87. The Hall–Kier alpha value is -2.31. The number of anilines is 2. The van der Waals surface area contributed by atoms with E-state index in [0.717, 1.165) is 6.07 Å². The maximum Gasteiger partial charge on any atom is 0.321 e. The lowest BCUT2D eigenvalue weighted by Crippen LogP contribution is -2.54. The van der Waals surface area contributed by atoms with Crippen molar-refractivity contribution in [3.05, 3.63) is 24.0 Å². The van der Waals surface area contributed by atoms with E-state index in [2.05, 4.69) is 10.6 Å². The van der Waals surface area contributed by atoms with Gasteiger partial charge in [0, 0.05) is 32.5 Å². The average Bonchev–Trinajstić information content (AvgIpc) is 2.30. The highest BCUT2D eigenvalue weighted by Gasteiger charge is 2.30. The van der Waals surface area contributed by atoms with Crippen molar-refractivity contribution in [1.29, 1.82) is 0 Å². The van der Waals surface area contributed by atoms with Gasteiger partial charge in [-0.15, -0.1) is 0 Å². The lowest BCUT2D eigenvalue weighted by atomic mass is 10.0. The number of likely N-dealkylation sites (tertiary alicyclic amines) is 1. The predicted octanol–water partition coefficient (Wildman–Crippen LogP) is 1.01. The number of hydrogen-bond donors (Lipinski definition) is 3. The molecule has 0 bridgehead atoms. The number of nitrogens with one attached hydrogen (secondary N) is 2. The summed E-state index contributed by atoms with van der Waals surface area (Å²) < 4.78 is 12.9. The molecule has 0 radical (unpaired) electrons. The van der Waals surface area contributed by atoms with Crippen LogP contribution in [0.2, 0.25) is 0 Å². The molecule has 1 heterocycles. The molecule has 0 aromatic heterocycles. The molecule has 1 aromatic rings. The zero-order chi connectivity index (χ0) is 14.7. The Balaban J connectivity index is 1.81. The maximum atomic E-state index is 12.9. The van der Waals surface area contributed by atoms with Crippen molar-refractivity contribution in [1.82, 2.24) is 10.2 Å². The molecule has 0 atom stereocenters. The van der Waals surface area contributed by atoms with Gasteiger partial charge < -0.3 is 21.3 Å². The van der Waals surface area contributed by atoms with E-state index in [-0.39, 0.29) is 23.5 Å². The van der Waals surface area contributed by atoms with Crippen molar-refractivity contribution in [3.63, 3.8) is 0 Å². The number of urea groups is 1. The van der Waals surface area contributed by atoms with E-state index >= 15 is 0 Å². The largest absolute Gasteiger partial charge is 0.397 e. The second-order valence-corrected chi connectivity index (χ2v) is 4.87. The molecular weight excluding hydrogens is 263 g/mol. The van der Waals surface area contributed by atoms with Gasteiger partial charge in [-0.05, 0) is 18.2 Å². The van der Waals surface area contributed by atoms with Crippen molar-refractivity contribution in [3.8, 4) is 0 Å². The van der Waals surface area contributed by atoms with Crippen molar-refractivity contribution >= 4 is 23.3 Å². The highest BCUT2D eigenvalue weighted by Crippen LogP contribution is 2.21. The average molecular weight is 280 g/mol. The minimum Gasteiger partial charge on any atom is -0.397 e. The van der Waals surface area contributed by atoms with Crippen LogP contribution in [0.5, 0.6) is 0 Å². The highest BCUT2D eigenvalue weighted by molar-refractivity contribution is 5.93. The van der Waals surface area contributed by atoms with Gasteiger partial charge in [0.1, 0.15) is 5.82 Å². The van der Waals surface area contributed by atoms with Crippen molar-refractivity contribution in [2.24, 2.45) is 5.92 Å². The number of nitrogens with two attached hydrogens (primary N) is 1. The van der Waals surface area contributed by atoms with Crippen LogP contribution in [-0.4, -0.2) is 36.5 Å². The fraction of sp³-hybridized carbons (Fsp3) is 0.385. The molecule has 1 aromatic carbocycles. The Kier molecular flexibility index (Phi) is 4.07. The number of rotatable bonds is 3. The zero-order valence-corrected chi connectivity index (χ0v) is 11.1. The fourth-order valence-electron chi connectivity index (χ4n) is 1.99. The molecule has 1 fully saturated rings. The molecule has 4 N–H and O–H groups in total. The summed E-state index contributed by atoms with van der Waals surface area (Å²) in [5.41, 5.74) is 6.20. The second kappa shape index (κ2) is 5.77. The first-order chi connectivity index (χ1) is 9.45. The molecule has 1 aliphatic heterocycles. The van der Waals surface area contributed by atoms with E-state index in [0.29, 0.717) is 25.3 Å². The summed E-state index contributed by atoms with van der Waals surface area (Å²) in [6, 6.07) is 3.55. The third-order valence-electron chi connectivity index (χ3n) is 3.14. The molecule has 6 nitrogen and oxygen atoms in total. The van der Waals surface area contributed by atoms with Crippen LogP contribution in [0.15, 0.2) is 18.2 Å². The molecule has 2 rings (SSSR count). The van der Waals surface area contributed by atoms with Gasteiger partial charge in [0.2, 0.25) is 5.91 Å². The summed E-state index contributed by atoms with van der Waals surface area (Å²) in [7, 11) is 0. The summed E-state index contributed by atoms with van der Waals surface area (Å²) in [5.74, 6) is -0.248. The Morgan fingerprint density at radius 3 is 2.75 bits per heavy atom. The number of carbonyl (C=O) groups excluding carboxylic acids is 2. The Labute approximate surface area is 116 Å². The zero-order valence-electron chi connectivity index (χ0n) is 11.1. The maximum absolute atomic E-state index is 12.9. The molecule has 108 valence electrons. The van der Waals surface area contributed by atoms with Crippen LogP contribution in [0, 0.1) is 11.7 Å². The first kappa shape index (κ1) is 14.1. The van der Waals surface area contributed by atoms with Gasteiger partial charge in [0.05, 0.1) is 11.4 Å². The Bertz CT molecular complexity index is 529. The van der Waals surface area contributed by atoms with Crippen molar-refractivity contribution in [2.75, 3.05) is 30.7 Å². The van der Waals surface area contributed by atoms with E-state index in [4.69, 9.17) is 5.73 Å². The lowest BCUT2D eigenvalue weighted by molar-refractivity contribution is -0.119. The van der Waals surface area contributed by atoms with E-state index in [1.165, 1.54) is 19.1 Å². The first-order valence-corrected chi connectivity index (χ1v) is 6.31. The van der Waals surface area contributed by atoms with E-state index < -0.39 is 5.82 Å². The van der Waals surface area contributed by atoms with E-state index in [9.17, 15) is 14.0 Å². The molecule has 0 aliphatic carbocycles. The van der Waals surface area contributed by atoms with Crippen LogP contribution in [0.4, 0.5) is 20.6 Å². The molecule has 1 saturated heterocycles. The summed E-state index contributed by atoms with van der Waals surface area (Å²) in [4.78, 5) is 24.3. The highest BCUT2D eigenvalue weighted by atomic mass is 19.1. The normalized spacial score (nSPS) is 14.6. The van der Waals surface area contributed by atoms with Gasteiger partial charge in [0.25, 0.3) is 0 Å². The number of hydrogen-bond acceptors (Lipinski definition) is 3. The van der Waals surface area contributed by atoms with Crippen LogP contribution in [0.3, 0.4) is 0 Å². The quantitative estimate of drug-likeness (QED) is 0.722. The number of nitrogen functional groups attached to an aromatic ring is 1. The van der Waals surface area contributed by atoms with E-state index in [1.54, 1.807) is 4.90 Å². The smallest absolute Gasteiger partial charge is 0.321 e. The molecule has 0 spiro atoms. The summed E-state index contributed by atoms with van der Waals surface area (Å²) in [6.07, 6.45) is 0. The standard InChI is InChI=1S/C13H17FN4O2/c1-8(19)16-5-9-6-18(7-9)13(20)17-12-3-2-10(14)4-11(12)15/h2-4,9H,5-7,15H2,1H3,(H,16,19)(H,17,20). The molecule has 7 heteroatoms. The SMILES string of the molecule is CC(=O)NCC1CN(C(=O)Nc2ccc(F)cc2N)C1. The van der Waals surface area contributed by atoms with Gasteiger partial charge in [-0.1, -0.05) is 0 Å². The summed E-state index contributed by atoms with van der Waals surface area (Å²) >= 11 is 0. The van der Waals surface area contributed by atoms with Gasteiger partial charge in [-0.3, -0.25) is 4.79 Å². The molecule has 1 aliphatic rings. The van der Waals surface area contributed by atoms with Crippen LogP contribution in [0.25, 0.3) is 0 Å². The molecule has 3 amide bonds. The molecular formula is C13H17FN4O2. The Morgan fingerprint density at radius 1 is 1.45 bits per heavy atom. The number of nitrogens with zero attached hydrogens (tertiary/aromatic N) is 1. The summed E-state index contributed by atoms with van der Waals surface area (Å²) in [6.45, 7) is 3.18. The van der Waals surface area contributed by atoms with Gasteiger partial charge in [-0.2, -0.15) is 0 Å². The Morgan fingerprint density at radius 2 is 2.15 bits per heavy atom. The first-order valence-electron chi connectivity index (χ1n) is 6.31. The third kappa shape index (κ3) is 3.37. The molecule has 20 heavy (non-hydrogen) atoms. The molecule has 0 unspecified atom stereocenters. The van der Waals surface area contributed by atoms with Gasteiger partial charge >= 0.3 is 6.03 Å². The topological polar surface area (TPSA) is 87.5 Å². The number of halogens is 1. The third-order valence-corrected chi connectivity index (χ3v) is 3.14.